The summed E-state index contributed by atoms with van der Waals surface area (Å²) in [5.41, 5.74) is 1.40. The van der Waals surface area contributed by atoms with Crippen molar-refractivity contribution >= 4 is 11.6 Å². The van der Waals surface area contributed by atoms with Crippen LogP contribution in [0.3, 0.4) is 0 Å². The van der Waals surface area contributed by atoms with E-state index in [1.54, 1.807) is 25.1 Å². The van der Waals surface area contributed by atoms with Crippen LogP contribution in [0.15, 0.2) is 39.5 Å². The molecule has 0 saturated heterocycles. The Labute approximate surface area is 155 Å². The van der Waals surface area contributed by atoms with E-state index in [1.165, 1.54) is 0 Å². The predicted molar refractivity (Wildman–Crippen MR) is 101 cm³/mol. The monoisotopic (exact) mass is 364 g/mol. The minimum atomic E-state index is -0.588. The van der Waals surface area contributed by atoms with Crippen molar-refractivity contribution in [1.82, 2.24) is 15.2 Å². The first kappa shape index (κ1) is 17.2. The van der Waals surface area contributed by atoms with E-state index in [1.807, 2.05) is 19.1 Å². The Kier molecular flexibility index (Phi) is 4.35. The van der Waals surface area contributed by atoms with Gasteiger partial charge in [0.25, 0.3) is 5.91 Å². The smallest absolute Gasteiger partial charge is 0.349 e. The highest BCUT2D eigenvalue weighted by atomic mass is 16.4. The van der Waals surface area contributed by atoms with Crippen molar-refractivity contribution in [3.63, 3.8) is 0 Å². The zero-order valence-corrected chi connectivity index (χ0v) is 15.2. The van der Waals surface area contributed by atoms with Crippen LogP contribution in [0.4, 0.5) is 5.69 Å². The van der Waals surface area contributed by atoms with Crippen LogP contribution in [0.25, 0.3) is 11.4 Å². The normalized spacial score (nSPS) is 14.0. The fraction of sp³-hybridized carbons (Fsp3) is 0.300. The Morgan fingerprint density at radius 2 is 2.07 bits per heavy atom. The largest absolute Gasteiger partial charge is 0.427 e. The number of hydrogen-bond acceptors (Lipinski definition) is 5. The summed E-state index contributed by atoms with van der Waals surface area (Å²) >= 11 is 0. The second-order valence-corrected chi connectivity index (χ2v) is 6.90. The van der Waals surface area contributed by atoms with Crippen molar-refractivity contribution in [2.45, 2.75) is 39.0 Å². The predicted octanol–water partition coefficient (Wildman–Crippen LogP) is 3.56. The van der Waals surface area contributed by atoms with E-state index < -0.39 is 11.5 Å². The van der Waals surface area contributed by atoms with Crippen molar-refractivity contribution < 1.29 is 9.21 Å². The van der Waals surface area contributed by atoms with E-state index in [9.17, 15) is 9.59 Å². The van der Waals surface area contributed by atoms with Crippen LogP contribution in [0.1, 0.15) is 52.7 Å². The van der Waals surface area contributed by atoms with Crippen molar-refractivity contribution in [2.75, 3.05) is 5.32 Å². The average Bonchev–Trinajstić information content (AvgIpc) is 2.99. The number of hydrogen-bond donors (Lipinski definition) is 2. The van der Waals surface area contributed by atoms with Crippen molar-refractivity contribution in [1.29, 1.82) is 0 Å². The molecular formula is C20H20N4O3. The van der Waals surface area contributed by atoms with Gasteiger partial charge < -0.3 is 9.73 Å². The van der Waals surface area contributed by atoms with Crippen molar-refractivity contribution in [3.05, 3.63) is 63.5 Å². The molecule has 0 unspecified atom stereocenters. The molecule has 7 nitrogen and oxygen atoms in total. The lowest BCUT2D eigenvalue weighted by molar-refractivity contribution is 0.102. The molecule has 2 aromatic heterocycles. The summed E-state index contributed by atoms with van der Waals surface area (Å²) in [5, 5.41) is 9.68. The maximum absolute atomic E-state index is 12.7. The van der Waals surface area contributed by atoms with Crippen LogP contribution in [0, 0.1) is 13.8 Å². The molecule has 0 aliphatic heterocycles. The maximum atomic E-state index is 12.7. The lowest BCUT2D eigenvalue weighted by Crippen LogP contribution is -2.24. The standard InChI is InChI=1S/C20H20N4O3/c1-11-9-16(13-5-3-6-13)27-20(26)17(11)19(25)22-15-8-4-7-14(10-15)18-21-12(2)23-24-18/h4,7-10,13H,3,5-6H2,1-2H3,(H,22,25)(H,21,23,24). The van der Waals surface area contributed by atoms with Crippen LogP contribution >= 0.6 is 0 Å². The fourth-order valence-corrected chi connectivity index (χ4v) is 3.20. The Morgan fingerprint density at radius 3 is 2.70 bits per heavy atom. The summed E-state index contributed by atoms with van der Waals surface area (Å²) in [4.78, 5) is 29.3. The van der Waals surface area contributed by atoms with Gasteiger partial charge in [-0.15, -0.1) is 0 Å². The number of nitrogens with one attached hydrogen (secondary N) is 2. The number of nitrogens with zero attached hydrogens (tertiary/aromatic N) is 2. The first-order valence-electron chi connectivity index (χ1n) is 8.96. The van der Waals surface area contributed by atoms with E-state index >= 15 is 0 Å². The molecule has 1 aliphatic carbocycles. The molecular weight excluding hydrogens is 344 g/mol. The minimum absolute atomic E-state index is 0.0391. The molecule has 138 valence electrons. The van der Waals surface area contributed by atoms with E-state index in [-0.39, 0.29) is 5.56 Å². The third-order valence-electron chi connectivity index (χ3n) is 4.88. The van der Waals surface area contributed by atoms with E-state index in [2.05, 4.69) is 20.5 Å². The molecule has 1 fully saturated rings. The zero-order chi connectivity index (χ0) is 19.0. The summed E-state index contributed by atoms with van der Waals surface area (Å²) in [6.45, 7) is 3.58. The number of aromatic amines is 1. The summed E-state index contributed by atoms with van der Waals surface area (Å²) in [5.74, 6) is 1.75. The molecule has 7 heteroatoms. The number of benzene rings is 1. The molecule has 27 heavy (non-hydrogen) atoms. The van der Waals surface area contributed by atoms with Crippen LogP contribution in [0.5, 0.6) is 0 Å². The molecule has 2 N–H and O–H groups in total. The van der Waals surface area contributed by atoms with E-state index in [0.29, 0.717) is 34.6 Å². The quantitative estimate of drug-likeness (QED) is 0.737. The van der Waals surface area contributed by atoms with Gasteiger partial charge in [0.05, 0.1) is 0 Å². The van der Waals surface area contributed by atoms with Gasteiger partial charge in [0.1, 0.15) is 17.1 Å². The molecule has 1 aliphatic rings. The number of carbonyl (C=O) groups excluding carboxylic acids is 1. The SMILES string of the molecule is Cc1nc(-c2cccc(NC(=O)c3c(C)cc(C4CCC4)oc3=O)c2)n[nH]1. The lowest BCUT2D eigenvalue weighted by Gasteiger charge is -2.24. The molecule has 4 rings (SSSR count). The topological polar surface area (TPSA) is 101 Å². The number of aromatic nitrogens is 3. The second kappa shape index (κ2) is 6.83. The molecule has 1 aromatic carbocycles. The number of rotatable bonds is 4. The molecule has 1 saturated carbocycles. The highest BCUT2D eigenvalue weighted by Crippen LogP contribution is 2.36. The fourth-order valence-electron chi connectivity index (χ4n) is 3.20. The third kappa shape index (κ3) is 3.40. The molecule has 3 aromatic rings. The summed E-state index contributed by atoms with van der Waals surface area (Å²) in [6.07, 6.45) is 3.21. The van der Waals surface area contributed by atoms with E-state index in [4.69, 9.17) is 4.42 Å². The van der Waals surface area contributed by atoms with Gasteiger partial charge in [-0.1, -0.05) is 18.6 Å². The van der Waals surface area contributed by atoms with Crippen LogP contribution in [-0.4, -0.2) is 21.1 Å². The van der Waals surface area contributed by atoms with Gasteiger partial charge in [-0.25, -0.2) is 9.78 Å². The van der Waals surface area contributed by atoms with Gasteiger partial charge in [-0.3, -0.25) is 9.89 Å². The van der Waals surface area contributed by atoms with Crippen LogP contribution < -0.4 is 10.9 Å². The van der Waals surface area contributed by atoms with Crippen LogP contribution in [0.2, 0.25) is 0 Å². The summed E-state index contributed by atoms with van der Waals surface area (Å²) in [7, 11) is 0. The highest BCUT2D eigenvalue weighted by Gasteiger charge is 2.25. The average molecular weight is 364 g/mol. The zero-order valence-electron chi connectivity index (χ0n) is 15.2. The molecule has 0 radical (unpaired) electrons. The van der Waals surface area contributed by atoms with Gasteiger partial charge >= 0.3 is 5.63 Å². The lowest BCUT2D eigenvalue weighted by atomic mass is 9.83. The van der Waals surface area contributed by atoms with Gasteiger partial charge in [0.15, 0.2) is 5.82 Å². The number of amides is 1. The van der Waals surface area contributed by atoms with Gasteiger partial charge in [0, 0.05) is 17.2 Å². The van der Waals surface area contributed by atoms with Gasteiger partial charge in [0.2, 0.25) is 0 Å². The number of H-pyrrole nitrogens is 1. The Hall–Kier alpha value is -3.22. The van der Waals surface area contributed by atoms with Crippen molar-refractivity contribution in [2.24, 2.45) is 0 Å². The van der Waals surface area contributed by atoms with Gasteiger partial charge in [-0.2, -0.15) is 5.10 Å². The first-order chi connectivity index (χ1) is 13.0. The maximum Gasteiger partial charge on any atom is 0.349 e. The number of anilines is 1. The van der Waals surface area contributed by atoms with E-state index in [0.717, 1.165) is 24.8 Å². The molecule has 1 amide bonds. The minimum Gasteiger partial charge on any atom is -0.427 e. The number of aryl methyl sites for hydroxylation is 2. The Morgan fingerprint density at radius 1 is 1.26 bits per heavy atom. The first-order valence-corrected chi connectivity index (χ1v) is 8.96. The summed E-state index contributed by atoms with van der Waals surface area (Å²) in [6, 6.07) is 8.98. The van der Waals surface area contributed by atoms with Gasteiger partial charge in [-0.05, 0) is 50.5 Å². The van der Waals surface area contributed by atoms with Crippen molar-refractivity contribution in [3.8, 4) is 11.4 Å². The molecule has 0 bridgehead atoms. The highest BCUT2D eigenvalue weighted by molar-refractivity contribution is 6.05. The van der Waals surface area contributed by atoms with Crippen LogP contribution in [-0.2, 0) is 0 Å². The Balaban J connectivity index is 1.58. The third-order valence-corrected chi connectivity index (χ3v) is 4.88. The molecule has 2 heterocycles. The summed E-state index contributed by atoms with van der Waals surface area (Å²) < 4.78 is 5.41. The molecule has 0 spiro atoms. The second-order valence-electron chi connectivity index (χ2n) is 6.90. The number of carbonyl (C=O) groups is 1. The molecule has 0 atom stereocenters. The Bertz CT molecular complexity index is 1060.